The van der Waals surface area contributed by atoms with Crippen LogP contribution in [0.2, 0.25) is 10.0 Å². The van der Waals surface area contributed by atoms with Gasteiger partial charge in [-0.3, -0.25) is 0 Å². The van der Waals surface area contributed by atoms with Gasteiger partial charge in [-0.25, -0.2) is 0 Å². The third-order valence-electron chi connectivity index (χ3n) is 9.69. The van der Waals surface area contributed by atoms with Crippen molar-refractivity contribution in [2.75, 3.05) is 39.4 Å². The lowest BCUT2D eigenvalue weighted by atomic mass is 9.95. The lowest BCUT2D eigenvalue weighted by Gasteiger charge is -2.37. The first-order chi connectivity index (χ1) is 20.0. The number of hydrogen-bond donors (Lipinski definition) is 0. The normalized spacial score (nSPS) is 19.4. The molecule has 0 amide bonds. The van der Waals surface area contributed by atoms with Crippen LogP contribution in [0, 0.1) is 11.8 Å². The van der Waals surface area contributed by atoms with Gasteiger partial charge >= 0.3 is 0 Å². The summed E-state index contributed by atoms with van der Waals surface area (Å²) in [5.41, 5.74) is 2.79. The van der Waals surface area contributed by atoms with Gasteiger partial charge in [0.05, 0.1) is 0 Å². The predicted octanol–water partition coefficient (Wildman–Crippen LogP) is 9.34. The summed E-state index contributed by atoms with van der Waals surface area (Å²) >= 11 is 12.2. The molecule has 41 heavy (non-hydrogen) atoms. The Kier molecular flexibility index (Phi) is 14.3. The Morgan fingerprint density at radius 3 is 1.34 bits per heavy atom. The molecule has 2 fully saturated rings. The molecule has 0 bridgehead atoms. The lowest BCUT2D eigenvalue weighted by Crippen LogP contribution is -2.42. The molecule has 0 saturated carbocycles. The molecule has 0 aliphatic carbocycles. The van der Waals surface area contributed by atoms with Crippen molar-refractivity contribution in [2.24, 2.45) is 11.8 Å². The fourth-order valence-electron chi connectivity index (χ4n) is 6.73. The SMILES string of the molecule is CC1CCN(C(CCCc2ccc(Cl)cc2)CCOCCC(CCCc2ccc(Cl)cc2)N2CCC(C)CC2)CC1. The van der Waals surface area contributed by atoms with E-state index in [-0.39, 0.29) is 0 Å². The van der Waals surface area contributed by atoms with Crippen molar-refractivity contribution in [1.82, 2.24) is 9.80 Å². The van der Waals surface area contributed by atoms with Crippen LogP contribution >= 0.6 is 23.2 Å². The van der Waals surface area contributed by atoms with Crippen LogP contribution in [0.15, 0.2) is 48.5 Å². The first-order valence-corrected chi connectivity index (χ1v) is 17.3. The first-order valence-electron chi connectivity index (χ1n) is 16.5. The van der Waals surface area contributed by atoms with E-state index in [0.29, 0.717) is 12.1 Å². The molecule has 2 saturated heterocycles. The summed E-state index contributed by atoms with van der Waals surface area (Å²) in [4.78, 5) is 5.53. The Hall–Kier alpha value is -1.10. The second-order valence-electron chi connectivity index (χ2n) is 13.0. The quantitative estimate of drug-likeness (QED) is 0.178. The molecule has 2 aliphatic heterocycles. The van der Waals surface area contributed by atoms with Gasteiger partial charge in [-0.05, 0) is 150 Å². The lowest BCUT2D eigenvalue weighted by molar-refractivity contribution is 0.0558. The van der Waals surface area contributed by atoms with Crippen molar-refractivity contribution in [2.45, 2.75) is 103 Å². The minimum absolute atomic E-state index is 0.633. The Morgan fingerprint density at radius 2 is 0.976 bits per heavy atom. The van der Waals surface area contributed by atoms with Gasteiger partial charge in [0, 0.05) is 35.3 Å². The topological polar surface area (TPSA) is 15.7 Å². The molecule has 2 aromatic rings. The maximum atomic E-state index is 6.39. The second-order valence-corrected chi connectivity index (χ2v) is 13.8. The molecule has 2 atom stereocenters. The van der Waals surface area contributed by atoms with Gasteiger partial charge in [-0.15, -0.1) is 0 Å². The third kappa shape index (κ3) is 11.8. The monoisotopic (exact) mass is 600 g/mol. The van der Waals surface area contributed by atoms with Crippen molar-refractivity contribution < 1.29 is 4.74 Å². The maximum absolute atomic E-state index is 6.39. The van der Waals surface area contributed by atoms with Crippen LogP contribution < -0.4 is 0 Å². The highest BCUT2D eigenvalue weighted by atomic mass is 35.5. The summed E-state index contributed by atoms with van der Waals surface area (Å²) in [6.07, 6.45) is 14.8. The summed E-state index contributed by atoms with van der Waals surface area (Å²) in [7, 11) is 0. The molecule has 0 spiro atoms. The average Bonchev–Trinajstić information content (AvgIpc) is 2.98. The van der Waals surface area contributed by atoms with E-state index in [9.17, 15) is 0 Å². The number of benzene rings is 2. The van der Waals surface area contributed by atoms with Gasteiger partial charge in [0.2, 0.25) is 0 Å². The summed E-state index contributed by atoms with van der Waals surface area (Å²) in [6.45, 7) is 11.6. The molecule has 2 aliphatic rings. The van der Waals surface area contributed by atoms with Crippen LogP contribution in [0.5, 0.6) is 0 Å². The molecule has 4 rings (SSSR count). The molecule has 2 unspecified atom stereocenters. The molecule has 5 heteroatoms. The van der Waals surface area contributed by atoms with E-state index in [4.69, 9.17) is 27.9 Å². The Morgan fingerprint density at radius 1 is 0.610 bits per heavy atom. The van der Waals surface area contributed by atoms with E-state index in [2.05, 4.69) is 47.9 Å². The molecule has 3 nitrogen and oxygen atoms in total. The van der Waals surface area contributed by atoms with E-state index < -0.39 is 0 Å². The predicted molar refractivity (Wildman–Crippen MR) is 176 cm³/mol. The van der Waals surface area contributed by atoms with E-state index >= 15 is 0 Å². The van der Waals surface area contributed by atoms with Crippen LogP contribution in [-0.4, -0.2) is 61.3 Å². The molecule has 2 aromatic carbocycles. The molecule has 0 radical (unpaired) electrons. The fourth-order valence-corrected chi connectivity index (χ4v) is 6.98. The van der Waals surface area contributed by atoms with Crippen molar-refractivity contribution in [1.29, 1.82) is 0 Å². The van der Waals surface area contributed by atoms with Crippen molar-refractivity contribution in [3.8, 4) is 0 Å². The van der Waals surface area contributed by atoms with Crippen LogP contribution in [-0.2, 0) is 17.6 Å². The molecule has 0 N–H and O–H groups in total. The number of likely N-dealkylation sites (tertiary alicyclic amines) is 2. The Bertz CT molecular complexity index is 887. The van der Waals surface area contributed by atoms with Crippen LogP contribution in [0.3, 0.4) is 0 Å². The minimum atomic E-state index is 0.633. The molecule has 0 aromatic heterocycles. The van der Waals surface area contributed by atoms with Gasteiger partial charge < -0.3 is 14.5 Å². The van der Waals surface area contributed by atoms with Gasteiger partial charge in [0.25, 0.3) is 0 Å². The minimum Gasteiger partial charge on any atom is -0.381 e. The molecular formula is C36H54Cl2N2O. The highest BCUT2D eigenvalue weighted by Gasteiger charge is 2.25. The highest BCUT2D eigenvalue weighted by molar-refractivity contribution is 6.30. The summed E-state index contributed by atoms with van der Waals surface area (Å²) in [6, 6.07) is 18.0. The van der Waals surface area contributed by atoms with Crippen LogP contribution in [0.25, 0.3) is 0 Å². The van der Waals surface area contributed by atoms with Gasteiger partial charge in [0.15, 0.2) is 0 Å². The van der Waals surface area contributed by atoms with Gasteiger partial charge in [-0.1, -0.05) is 61.3 Å². The number of halogens is 2. The number of rotatable bonds is 16. The highest BCUT2D eigenvalue weighted by Crippen LogP contribution is 2.25. The van der Waals surface area contributed by atoms with Crippen LogP contribution in [0.4, 0.5) is 0 Å². The van der Waals surface area contributed by atoms with Crippen molar-refractivity contribution in [3.63, 3.8) is 0 Å². The second kappa shape index (κ2) is 17.9. The van der Waals surface area contributed by atoms with E-state index in [1.54, 1.807) is 0 Å². The third-order valence-corrected chi connectivity index (χ3v) is 10.2. The van der Waals surface area contributed by atoms with E-state index in [1.807, 2.05) is 24.3 Å². The largest absolute Gasteiger partial charge is 0.381 e. The molecular weight excluding hydrogens is 547 g/mol. The zero-order valence-electron chi connectivity index (χ0n) is 25.7. The standard InChI is InChI=1S/C36H54Cl2N2O/c1-29-17-23-39(24-18-29)35(7-3-5-31-9-13-33(37)14-10-31)21-27-41-28-22-36(40-25-19-30(2)20-26-40)8-4-6-32-11-15-34(38)16-12-32/h9-16,29-30,35-36H,3-8,17-28H2,1-2H3. The van der Waals surface area contributed by atoms with Crippen LogP contribution in [0.1, 0.15) is 89.2 Å². The Balaban J connectivity index is 1.22. The number of nitrogens with zero attached hydrogens (tertiary/aromatic N) is 2. The van der Waals surface area contributed by atoms with E-state index in [0.717, 1.165) is 60.8 Å². The van der Waals surface area contributed by atoms with Crippen molar-refractivity contribution >= 4 is 23.2 Å². The summed E-state index contributed by atoms with van der Waals surface area (Å²) in [5.74, 6) is 1.73. The Labute approximate surface area is 260 Å². The summed E-state index contributed by atoms with van der Waals surface area (Å²) in [5, 5.41) is 1.65. The zero-order chi connectivity index (χ0) is 28.9. The van der Waals surface area contributed by atoms with Crippen molar-refractivity contribution in [3.05, 3.63) is 69.7 Å². The zero-order valence-corrected chi connectivity index (χ0v) is 27.2. The number of ether oxygens (including phenoxy) is 1. The maximum Gasteiger partial charge on any atom is 0.0480 e. The van der Waals surface area contributed by atoms with Gasteiger partial charge in [0.1, 0.15) is 0 Å². The van der Waals surface area contributed by atoms with Gasteiger partial charge in [-0.2, -0.15) is 0 Å². The molecule has 2 heterocycles. The number of aryl methyl sites for hydroxylation is 2. The average molecular weight is 602 g/mol. The van der Waals surface area contributed by atoms with E-state index in [1.165, 1.54) is 88.7 Å². The molecule has 228 valence electrons. The summed E-state index contributed by atoms with van der Waals surface area (Å²) < 4.78 is 6.39. The smallest absolute Gasteiger partial charge is 0.0480 e. The first kappa shape index (κ1) is 32.8. The number of hydrogen-bond acceptors (Lipinski definition) is 3. The fraction of sp³-hybridized carbons (Fsp3) is 0.667. The number of piperidine rings is 2.